The highest BCUT2D eigenvalue weighted by Gasteiger charge is 2.22. The minimum atomic E-state index is -0.390. The first-order valence-corrected chi connectivity index (χ1v) is 13.8. The van der Waals surface area contributed by atoms with E-state index in [-0.39, 0.29) is 5.97 Å². The summed E-state index contributed by atoms with van der Waals surface area (Å²) in [5, 5.41) is 0. The van der Waals surface area contributed by atoms with Crippen molar-refractivity contribution in [2.45, 2.75) is 40.8 Å². The topological polar surface area (TPSA) is 84.3 Å². The lowest BCUT2D eigenvalue weighted by Gasteiger charge is -2.29. The Labute approximate surface area is 246 Å². The van der Waals surface area contributed by atoms with Gasteiger partial charge in [-0.25, -0.2) is 4.79 Å². The van der Waals surface area contributed by atoms with Crippen LogP contribution in [0.3, 0.4) is 0 Å². The van der Waals surface area contributed by atoms with E-state index in [9.17, 15) is 4.79 Å². The summed E-state index contributed by atoms with van der Waals surface area (Å²) in [6, 6.07) is 21.9. The fourth-order valence-corrected chi connectivity index (χ4v) is 5.16. The molecule has 0 saturated heterocycles. The number of benzene rings is 1. The van der Waals surface area contributed by atoms with Gasteiger partial charge in [0.1, 0.15) is 0 Å². The number of aryl methyl sites for hydroxylation is 4. The Morgan fingerprint density at radius 3 is 1.40 bits per heavy atom. The number of pyridine rings is 4. The molecule has 1 aromatic carbocycles. The van der Waals surface area contributed by atoms with Crippen LogP contribution >= 0.6 is 0 Å². The summed E-state index contributed by atoms with van der Waals surface area (Å²) in [6.45, 7) is 8.88. The average molecular weight is 559 g/mol. The molecule has 0 radical (unpaired) electrons. The number of carbonyl (C=O) groups is 1. The number of rotatable bonds is 9. The third-order valence-electron chi connectivity index (χ3n) is 7.33. The molecule has 0 N–H and O–H groups in total. The zero-order valence-corrected chi connectivity index (χ0v) is 24.6. The van der Waals surface area contributed by atoms with Crippen LogP contribution in [0.25, 0.3) is 0 Å². The van der Waals surface area contributed by atoms with Crippen LogP contribution in [0.1, 0.15) is 44.3 Å². The number of ether oxygens (including phenoxy) is 1. The molecule has 42 heavy (non-hydrogen) atoms. The van der Waals surface area contributed by atoms with Gasteiger partial charge in [-0.3, -0.25) is 19.9 Å². The SMILES string of the molecule is COC(=O)c1cc(CN(c2cccnc2C)c2cccnc2C)ccc1CN(c1cccnc1C)c1cccnc1C. The largest absolute Gasteiger partial charge is 0.465 e. The van der Waals surface area contributed by atoms with E-state index in [4.69, 9.17) is 4.74 Å². The fraction of sp³-hybridized carbons (Fsp3) is 0.206. The van der Waals surface area contributed by atoms with Crippen molar-refractivity contribution in [3.05, 3.63) is 131 Å². The molecule has 0 bridgehead atoms. The van der Waals surface area contributed by atoms with Crippen LogP contribution in [0.15, 0.2) is 91.5 Å². The van der Waals surface area contributed by atoms with Crippen LogP contribution in [0.5, 0.6) is 0 Å². The molecular formula is C34H34N6O2. The summed E-state index contributed by atoms with van der Waals surface area (Å²) in [4.78, 5) is 35.6. The van der Waals surface area contributed by atoms with Gasteiger partial charge in [0.2, 0.25) is 0 Å². The number of hydrogen-bond acceptors (Lipinski definition) is 8. The molecule has 8 nitrogen and oxygen atoms in total. The standard InChI is InChI=1S/C34H34N6O2/c1-23-30(10-6-16-35-23)39(31-11-7-17-36-24(31)2)21-27-14-15-28(29(20-27)34(41)42-5)22-40(32-12-8-18-37-25(32)3)33-13-9-19-38-26(33)4/h6-20H,21-22H2,1-5H3. The molecule has 0 aliphatic heterocycles. The maximum absolute atomic E-state index is 13.2. The van der Waals surface area contributed by atoms with Crippen molar-refractivity contribution < 1.29 is 9.53 Å². The van der Waals surface area contributed by atoms with Gasteiger partial charge < -0.3 is 14.5 Å². The molecule has 0 aliphatic rings. The molecule has 0 fully saturated rings. The van der Waals surface area contributed by atoms with E-state index in [0.29, 0.717) is 18.7 Å². The van der Waals surface area contributed by atoms with Crippen molar-refractivity contribution in [1.29, 1.82) is 0 Å². The summed E-state index contributed by atoms with van der Waals surface area (Å²) in [6.07, 6.45) is 7.14. The molecule has 0 spiro atoms. The lowest BCUT2D eigenvalue weighted by Crippen LogP contribution is -2.22. The van der Waals surface area contributed by atoms with Crippen LogP contribution in [-0.2, 0) is 17.8 Å². The molecule has 0 atom stereocenters. The number of methoxy groups -OCH3 is 1. The first-order chi connectivity index (χ1) is 20.4. The number of aromatic nitrogens is 4. The van der Waals surface area contributed by atoms with Gasteiger partial charge in [0.15, 0.2) is 0 Å². The van der Waals surface area contributed by atoms with E-state index in [1.54, 1.807) is 24.8 Å². The molecule has 0 unspecified atom stereocenters. The number of hydrogen-bond donors (Lipinski definition) is 0. The molecule has 0 saturated carbocycles. The van der Waals surface area contributed by atoms with Crippen molar-refractivity contribution in [3.63, 3.8) is 0 Å². The van der Waals surface area contributed by atoms with Crippen LogP contribution in [-0.4, -0.2) is 33.0 Å². The van der Waals surface area contributed by atoms with Crippen molar-refractivity contribution in [3.8, 4) is 0 Å². The average Bonchev–Trinajstić information content (AvgIpc) is 3.00. The number of carbonyl (C=O) groups excluding carboxylic acids is 1. The highest BCUT2D eigenvalue weighted by atomic mass is 16.5. The van der Waals surface area contributed by atoms with Crippen LogP contribution < -0.4 is 9.80 Å². The first-order valence-electron chi connectivity index (χ1n) is 13.8. The zero-order valence-electron chi connectivity index (χ0n) is 24.6. The Hall–Kier alpha value is -5.11. The minimum absolute atomic E-state index is 0.390. The molecule has 4 aromatic heterocycles. The molecule has 4 heterocycles. The Bertz CT molecular complexity index is 1630. The third kappa shape index (κ3) is 5.98. The summed E-state index contributed by atoms with van der Waals surface area (Å²) in [5.74, 6) is -0.390. The van der Waals surface area contributed by atoms with Gasteiger partial charge in [-0.15, -0.1) is 0 Å². The van der Waals surface area contributed by atoms with Gasteiger partial charge in [-0.1, -0.05) is 12.1 Å². The summed E-state index contributed by atoms with van der Waals surface area (Å²) >= 11 is 0. The van der Waals surface area contributed by atoms with Gasteiger partial charge in [-0.05, 0) is 93.4 Å². The second-order valence-electron chi connectivity index (χ2n) is 10.1. The molecular weight excluding hydrogens is 524 g/mol. The smallest absolute Gasteiger partial charge is 0.338 e. The molecule has 0 amide bonds. The molecule has 5 aromatic rings. The van der Waals surface area contributed by atoms with Crippen LogP contribution in [0, 0.1) is 27.7 Å². The molecule has 0 aliphatic carbocycles. The third-order valence-corrected chi connectivity index (χ3v) is 7.33. The van der Waals surface area contributed by atoms with Crippen molar-refractivity contribution in [1.82, 2.24) is 19.9 Å². The molecule has 5 rings (SSSR count). The van der Waals surface area contributed by atoms with E-state index in [2.05, 4.69) is 47.9 Å². The predicted octanol–water partition coefficient (Wildman–Crippen LogP) is 6.96. The van der Waals surface area contributed by atoms with Gasteiger partial charge in [0.25, 0.3) is 0 Å². The van der Waals surface area contributed by atoms with E-state index in [1.807, 2.05) is 76.2 Å². The van der Waals surface area contributed by atoms with E-state index in [0.717, 1.165) is 56.7 Å². The number of esters is 1. The van der Waals surface area contributed by atoms with E-state index >= 15 is 0 Å². The zero-order chi connectivity index (χ0) is 29.6. The number of anilines is 4. The van der Waals surface area contributed by atoms with Crippen LogP contribution in [0.4, 0.5) is 22.7 Å². The number of nitrogens with zero attached hydrogens (tertiary/aromatic N) is 6. The second-order valence-corrected chi connectivity index (χ2v) is 10.1. The monoisotopic (exact) mass is 558 g/mol. The Morgan fingerprint density at radius 1 is 0.619 bits per heavy atom. The minimum Gasteiger partial charge on any atom is -0.465 e. The lowest BCUT2D eigenvalue weighted by molar-refractivity contribution is 0.0599. The maximum atomic E-state index is 13.2. The quantitative estimate of drug-likeness (QED) is 0.180. The van der Waals surface area contributed by atoms with E-state index < -0.39 is 0 Å². The Kier molecular flexibility index (Phi) is 8.52. The Balaban J connectivity index is 1.58. The van der Waals surface area contributed by atoms with Gasteiger partial charge >= 0.3 is 5.97 Å². The van der Waals surface area contributed by atoms with Gasteiger partial charge in [-0.2, -0.15) is 0 Å². The highest BCUT2D eigenvalue weighted by Crippen LogP contribution is 2.34. The van der Waals surface area contributed by atoms with Crippen molar-refractivity contribution >= 4 is 28.7 Å². The summed E-state index contributed by atoms with van der Waals surface area (Å²) in [5.41, 5.74) is 9.69. The van der Waals surface area contributed by atoms with Gasteiger partial charge in [0.05, 0.1) is 58.2 Å². The second kappa shape index (κ2) is 12.6. The molecule has 8 heteroatoms. The van der Waals surface area contributed by atoms with Gasteiger partial charge in [0, 0.05) is 37.9 Å². The van der Waals surface area contributed by atoms with Crippen molar-refractivity contribution in [2.75, 3.05) is 16.9 Å². The normalized spacial score (nSPS) is 10.8. The lowest BCUT2D eigenvalue weighted by atomic mass is 10.0. The van der Waals surface area contributed by atoms with E-state index in [1.165, 1.54) is 7.11 Å². The first kappa shape index (κ1) is 28.4. The van der Waals surface area contributed by atoms with Crippen molar-refractivity contribution in [2.24, 2.45) is 0 Å². The summed E-state index contributed by atoms with van der Waals surface area (Å²) in [7, 11) is 1.41. The maximum Gasteiger partial charge on any atom is 0.338 e. The fourth-order valence-electron chi connectivity index (χ4n) is 5.16. The predicted molar refractivity (Wildman–Crippen MR) is 165 cm³/mol. The highest BCUT2D eigenvalue weighted by molar-refractivity contribution is 5.91. The summed E-state index contributed by atoms with van der Waals surface area (Å²) < 4.78 is 5.27. The van der Waals surface area contributed by atoms with Crippen LogP contribution in [0.2, 0.25) is 0 Å². The molecule has 212 valence electrons. The Morgan fingerprint density at radius 2 is 1.02 bits per heavy atom.